The van der Waals surface area contributed by atoms with Gasteiger partial charge in [-0.2, -0.15) is 13.2 Å². The number of hydrogen-bond donors (Lipinski definition) is 1. The van der Waals surface area contributed by atoms with Gasteiger partial charge in [-0.1, -0.05) is 30.3 Å². The van der Waals surface area contributed by atoms with Gasteiger partial charge in [0.25, 0.3) is 0 Å². The third kappa shape index (κ3) is 4.65. The molecule has 0 radical (unpaired) electrons. The van der Waals surface area contributed by atoms with E-state index in [0.717, 1.165) is 16.0 Å². The molecule has 5 heteroatoms. The first-order chi connectivity index (χ1) is 9.44. The monoisotopic (exact) mass is 299 g/mol. The van der Waals surface area contributed by atoms with Gasteiger partial charge in [-0.15, -0.1) is 11.3 Å². The average Bonchev–Trinajstić information content (AvgIpc) is 2.84. The lowest BCUT2D eigenvalue weighted by atomic mass is 10.1. The molecule has 0 saturated heterocycles. The van der Waals surface area contributed by atoms with Gasteiger partial charge in [-0.3, -0.25) is 0 Å². The van der Waals surface area contributed by atoms with Crippen molar-refractivity contribution in [3.05, 3.63) is 46.7 Å². The minimum absolute atomic E-state index is 0.467. The summed E-state index contributed by atoms with van der Waals surface area (Å²) in [6, 6.07) is 11.4. The summed E-state index contributed by atoms with van der Waals surface area (Å²) in [5.41, 5.74) is 2.23. The fraction of sp³-hybridized carbons (Fsp3) is 0.333. The SMILES string of the molecule is CC(CC(F)(F)F)NCc1cc(-c2ccccc2)cs1. The lowest BCUT2D eigenvalue weighted by Gasteiger charge is -2.14. The van der Waals surface area contributed by atoms with Crippen molar-refractivity contribution in [2.24, 2.45) is 0 Å². The number of hydrogen-bond acceptors (Lipinski definition) is 2. The number of rotatable bonds is 5. The Labute approximate surface area is 120 Å². The van der Waals surface area contributed by atoms with E-state index in [1.165, 1.54) is 0 Å². The van der Waals surface area contributed by atoms with Gasteiger partial charge in [0.15, 0.2) is 0 Å². The summed E-state index contributed by atoms with van der Waals surface area (Å²) in [5.74, 6) is 0. The standard InChI is InChI=1S/C15H16F3NS/c1-11(8-15(16,17)18)19-9-14-7-13(10-20-14)12-5-3-2-4-6-12/h2-7,10-11,19H,8-9H2,1H3. The van der Waals surface area contributed by atoms with Crippen LogP contribution in [0.5, 0.6) is 0 Å². The van der Waals surface area contributed by atoms with Crippen molar-refractivity contribution in [3.63, 3.8) is 0 Å². The Morgan fingerprint density at radius 2 is 1.85 bits per heavy atom. The van der Waals surface area contributed by atoms with Crippen LogP contribution in [0.15, 0.2) is 41.8 Å². The lowest BCUT2D eigenvalue weighted by Crippen LogP contribution is -2.30. The molecule has 1 N–H and O–H groups in total. The van der Waals surface area contributed by atoms with Gasteiger partial charge in [0, 0.05) is 17.5 Å². The van der Waals surface area contributed by atoms with Crippen molar-refractivity contribution < 1.29 is 13.2 Å². The van der Waals surface area contributed by atoms with E-state index in [9.17, 15) is 13.2 Å². The summed E-state index contributed by atoms with van der Waals surface area (Å²) in [6.45, 7) is 2.02. The minimum Gasteiger partial charge on any atom is -0.309 e. The molecule has 1 atom stereocenters. The van der Waals surface area contributed by atoms with Crippen LogP contribution in [0, 0.1) is 0 Å². The number of thiophene rings is 1. The molecule has 20 heavy (non-hydrogen) atoms. The fourth-order valence-corrected chi connectivity index (χ4v) is 2.79. The fourth-order valence-electron chi connectivity index (χ4n) is 1.95. The Morgan fingerprint density at radius 3 is 2.50 bits per heavy atom. The number of halogens is 3. The normalized spacial score (nSPS) is 13.4. The summed E-state index contributed by atoms with van der Waals surface area (Å²) < 4.78 is 36.7. The van der Waals surface area contributed by atoms with Crippen LogP contribution >= 0.6 is 11.3 Å². The topological polar surface area (TPSA) is 12.0 Å². The Hall–Kier alpha value is -1.33. The van der Waals surface area contributed by atoms with E-state index in [1.54, 1.807) is 18.3 Å². The van der Waals surface area contributed by atoms with Crippen LogP contribution in [0.25, 0.3) is 11.1 Å². The molecule has 2 aromatic rings. The molecule has 1 heterocycles. The zero-order valence-corrected chi connectivity index (χ0v) is 11.9. The van der Waals surface area contributed by atoms with Crippen LogP contribution in [0.2, 0.25) is 0 Å². The van der Waals surface area contributed by atoms with E-state index in [4.69, 9.17) is 0 Å². The van der Waals surface area contributed by atoms with E-state index < -0.39 is 18.6 Å². The predicted octanol–water partition coefficient (Wildman–Crippen LogP) is 4.85. The molecular weight excluding hydrogens is 283 g/mol. The van der Waals surface area contributed by atoms with Gasteiger partial charge in [-0.25, -0.2) is 0 Å². The molecule has 0 saturated carbocycles. The molecule has 1 unspecified atom stereocenters. The van der Waals surface area contributed by atoms with Crippen molar-refractivity contribution >= 4 is 11.3 Å². The molecule has 0 bridgehead atoms. The zero-order chi connectivity index (χ0) is 14.6. The first kappa shape index (κ1) is 15.1. The molecule has 0 spiro atoms. The van der Waals surface area contributed by atoms with E-state index in [1.807, 2.05) is 41.8 Å². The van der Waals surface area contributed by atoms with Gasteiger partial charge < -0.3 is 5.32 Å². The second kappa shape index (κ2) is 6.41. The van der Waals surface area contributed by atoms with E-state index >= 15 is 0 Å². The summed E-state index contributed by atoms with van der Waals surface area (Å²) in [6.07, 6.45) is -4.92. The Bertz CT molecular complexity index is 534. The second-order valence-electron chi connectivity index (χ2n) is 4.77. The maximum atomic E-state index is 12.2. The number of benzene rings is 1. The molecule has 108 valence electrons. The Kier molecular flexibility index (Phi) is 4.83. The van der Waals surface area contributed by atoms with E-state index in [0.29, 0.717) is 6.54 Å². The quantitative estimate of drug-likeness (QED) is 0.832. The molecule has 1 aromatic heterocycles. The lowest BCUT2D eigenvalue weighted by molar-refractivity contribution is -0.139. The van der Waals surface area contributed by atoms with Crippen molar-refractivity contribution in [1.29, 1.82) is 0 Å². The van der Waals surface area contributed by atoms with Crippen molar-refractivity contribution in [3.8, 4) is 11.1 Å². The Balaban J connectivity index is 1.91. The molecule has 1 nitrogen and oxygen atoms in total. The maximum absolute atomic E-state index is 12.2. The smallest absolute Gasteiger partial charge is 0.309 e. The highest BCUT2D eigenvalue weighted by Crippen LogP contribution is 2.26. The first-order valence-corrected chi connectivity index (χ1v) is 7.25. The highest BCUT2D eigenvalue weighted by Gasteiger charge is 2.29. The summed E-state index contributed by atoms with van der Waals surface area (Å²) in [5, 5.41) is 4.94. The molecule has 0 aliphatic carbocycles. The van der Waals surface area contributed by atoms with Crippen LogP contribution in [0.4, 0.5) is 13.2 Å². The molecule has 0 aliphatic heterocycles. The third-order valence-corrected chi connectivity index (χ3v) is 3.86. The number of nitrogens with one attached hydrogen (secondary N) is 1. The zero-order valence-electron chi connectivity index (χ0n) is 11.1. The highest BCUT2D eigenvalue weighted by atomic mass is 32.1. The molecule has 1 aromatic carbocycles. The van der Waals surface area contributed by atoms with Gasteiger partial charge in [-0.05, 0) is 29.5 Å². The predicted molar refractivity (Wildman–Crippen MR) is 76.7 cm³/mol. The molecular formula is C15H16F3NS. The van der Waals surface area contributed by atoms with E-state index in [2.05, 4.69) is 5.32 Å². The van der Waals surface area contributed by atoms with E-state index in [-0.39, 0.29) is 0 Å². The number of alkyl halides is 3. The van der Waals surface area contributed by atoms with Gasteiger partial charge >= 0.3 is 6.18 Å². The van der Waals surface area contributed by atoms with Gasteiger partial charge in [0.05, 0.1) is 6.42 Å². The molecule has 0 amide bonds. The molecule has 0 aliphatic rings. The van der Waals surface area contributed by atoms with Crippen LogP contribution in [0.1, 0.15) is 18.2 Å². The minimum atomic E-state index is -4.11. The van der Waals surface area contributed by atoms with Crippen LogP contribution in [-0.4, -0.2) is 12.2 Å². The summed E-state index contributed by atoms with van der Waals surface area (Å²) >= 11 is 1.56. The largest absolute Gasteiger partial charge is 0.390 e. The first-order valence-electron chi connectivity index (χ1n) is 6.37. The summed E-state index contributed by atoms with van der Waals surface area (Å²) in [4.78, 5) is 1.04. The van der Waals surface area contributed by atoms with Crippen LogP contribution in [-0.2, 0) is 6.54 Å². The Morgan fingerprint density at radius 1 is 1.15 bits per heavy atom. The van der Waals surface area contributed by atoms with Crippen molar-refractivity contribution in [2.45, 2.75) is 32.1 Å². The summed E-state index contributed by atoms with van der Waals surface area (Å²) in [7, 11) is 0. The third-order valence-electron chi connectivity index (χ3n) is 2.92. The van der Waals surface area contributed by atoms with Crippen molar-refractivity contribution in [2.75, 3.05) is 0 Å². The molecule has 2 rings (SSSR count). The van der Waals surface area contributed by atoms with Gasteiger partial charge in [0.1, 0.15) is 0 Å². The van der Waals surface area contributed by atoms with Crippen molar-refractivity contribution in [1.82, 2.24) is 5.32 Å². The van der Waals surface area contributed by atoms with Gasteiger partial charge in [0.2, 0.25) is 0 Å². The average molecular weight is 299 g/mol. The van der Waals surface area contributed by atoms with Crippen LogP contribution < -0.4 is 5.32 Å². The highest BCUT2D eigenvalue weighted by molar-refractivity contribution is 7.10. The maximum Gasteiger partial charge on any atom is 0.390 e. The van der Waals surface area contributed by atoms with Crippen LogP contribution in [0.3, 0.4) is 0 Å². The second-order valence-corrected chi connectivity index (χ2v) is 5.76. The molecule has 0 fully saturated rings.